The van der Waals surface area contributed by atoms with E-state index < -0.39 is 5.92 Å². The van der Waals surface area contributed by atoms with Gasteiger partial charge in [-0.1, -0.05) is 12.1 Å². The van der Waals surface area contributed by atoms with Gasteiger partial charge in [0.2, 0.25) is 5.91 Å². The molecular weight excluding hydrogens is 284 g/mol. The molecule has 6 nitrogen and oxygen atoms in total. The number of hydrogen-bond donors (Lipinski definition) is 1. The van der Waals surface area contributed by atoms with Gasteiger partial charge in [-0.2, -0.15) is 5.10 Å². The Bertz CT molecular complexity index is 538. The van der Waals surface area contributed by atoms with E-state index in [1.54, 1.807) is 40.0 Å². The predicted octanol–water partition coefficient (Wildman–Crippen LogP) is 1.93. The Labute approximate surface area is 130 Å². The molecule has 0 unspecified atom stereocenters. The fourth-order valence-corrected chi connectivity index (χ4v) is 1.65. The molecule has 0 aliphatic rings. The zero-order chi connectivity index (χ0) is 16.5. The Balaban J connectivity index is 2.53. The third kappa shape index (κ3) is 5.55. The summed E-state index contributed by atoms with van der Waals surface area (Å²) >= 11 is 0. The molecule has 1 amide bonds. The van der Waals surface area contributed by atoms with Crippen molar-refractivity contribution >= 4 is 17.6 Å². The van der Waals surface area contributed by atoms with Gasteiger partial charge in [-0.25, -0.2) is 5.43 Å². The molecule has 1 N–H and O–H groups in total. The molecule has 0 fully saturated rings. The van der Waals surface area contributed by atoms with E-state index >= 15 is 0 Å². The number of nitrogens with zero attached hydrogens (tertiary/aromatic N) is 1. The van der Waals surface area contributed by atoms with Crippen LogP contribution in [0.25, 0.3) is 0 Å². The lowest BCUT2D eigenvalue weighted by molar-refractivity contribution is -0.145. The second-order valence-corrected chi connectivity index (χ2v) is 4.79. The summed E-state index contributed by atoms with van der Waals surface area (Å²) in [5, 5.41) is 3.95. The summed E-state index contributed by atoms with van der Waals surface area (Å²) in [6.07, 6.45) is 0.203. The number of esters is 1. The van der Waals surface area contributed by atoms with Crippen LogP contribution in [0.5, 0.6) is 5.75 Å². The van der Waals surface area contributed by atoms with Gasteiger partial charge in [-0.3, -0.25) is 9.59 Å². The first-order valence-corrected chi connectivity index (χ1v) is 7.10. The van der Waals surface area contributed by atoms with E-state index in [1.165, 1.54) is 0 Å². The van der Waals surface area contributed by atoms with E-state index in [0.29, 0.717) is 12.3 Å². The number of ether oxygens (including phenoxy) is 2. The van der Waals surface area contributed by atoms with Crippen LogP contribution < -0.4 is 10.2 Å². The molecule has 0 aliphatic carbocycles. The predicted molar refractivity (Wildman–Crippen MR) is 83.7 cm³/mol. The van der Waals surface area contributed by atoms with Crippen molar-refractivity contribution in [1.29, 1.82) is 0 Å². The van der Waals surface area contributed by atoms with E-state index in [0.717, 1.165) is 11.3 Å². The number of benzene rings is 1. The van der Waals surface area contributed by atoms with Gasteiger partial charge in [-0.15, -0.1) is 0 Å². The molecule has 0 bridgehead atoms. The van der Waals surface area contributed by atoms with Crippen molar-refractivity contribution in [2.75, 3.05) is 13.7 Å². The van der Waals surface area contributed by atoms with Crippen LogP contribution in [0.1, 0.15) is 26.3 Å². The van der Waals surface area contributed by atoms with Crippen LogP contribution in [0.4, 0.5) is 0 Å². The molecule has 22 heavy (non-hydrogen) atoms. The molecule has 0 spiro atoms. The van der Waals surface area contributed by atoms with Crippen LogP contribution in [0, 0.1) is 5.92 Å². The number of carbonyl (C=O) groups is 2. The standard InChI is InChI=1S/C16H22N2O4/c1-5-22-16(20)11(2)12(3)17-18-15(19)10-13-6-8-14(21-4)9-7-13/h6-9,11H,5,10H2,1-4H3,(H,18,19)/b17-12-/t11-/m0/s1. The average Bonchev–Trinajstić information content (AvgIpc) is 2.52. The Kier molecular flexibility index (Phi) is 7.08. The molecule has 6 heteroatoms. The number of carbonyl (C=O) groups excluding carboxylic acids is 2. The molecule has 1 atom stereocenters. The Morgan fingerprint density at radius 2 is 1.91 bits per heavy atom. The molecule has 0 aliphatic heterocycles. The van der Waals surface area contributed by atoms with Crippen molar-refractivity contribution in [3.8, 4) is 5.75 Å². The topological polar surface area (TPSA) is 77.0 Å². The third-order valence-corrected chi connectivity index (χ3v) is 3.15. The van der Waals surface area contributed by atoms with Crippen molar-refractivity contribution in [3.63, 3.8) is 0 Å². The van der Waals surface area contributed by atoms with E-state index in [4.69, 9.17) is 9.47 Å². The van der Waals surface area contributed by atoms with Crippen molar-refractivity contribution in [1.82, 2.24) is 5.43 Å². The van der Waals surface area contributed by atoms with Gasteiger partial charge < -0.3 is 9.47 Å². The van der Waals surface area contributed by atoms with Crippen LogP contribution in [0.2, 0.25) is 0 Å². The Morgan fingerprint density at radius 1 is 1.27 bits per heavy atom. The maximum absolute atomic E-state index is 11.8. The molecule has 0 heterocycles. The maximum atomic E-state index is 11.8. The summed E-state index contributed by atoms with van der Waals surface area (Å²) in [6.45, 7) is 5.43. The highest BCUT2D eigenvalue weighted by Gasteiger charge is 2.17. The minimum absolute atomic E-state index is 0.203. The molecular formula is C16H22N2O4. The van der Waals surface area contributed by atoms with Crippen LogP contribution in [0.3, 0.4) is 0 Å². The monoisotopic (exact) mass is 306 g/mol. The summed E-state index contributed by atoms with van der Waals surface area (Å²) in [4.78, 5) is 23.4. The van der Waals surface area contributed by atoms with Gasteiger partial charge in [0, 0.05) is 5.71 Å². The summed E-state index contributed by atoms with van der Waals surface area (Å²) in [5.74, 6) is -0.351. The van der Waals surface area contributed by atoms with Crippen LogP contribution in [-0.4, -0.2) is 31.3 Å². The van der Waals surface area contributed by atoms with Gasteiger partial charge in [0.1, 0.15) is 5.75 Å². The number of nitrogens with one attached hydrogen (secondary N) is 1. The maximum Gasteiger partial charge on any atom is 0.314 e. The summed E-state index contributed by atoms with van der Waals surface area (Å²) in [5.41, 5.74) is 3.80. The summed E-state index contributed by atoms with van der Waals surface area (Å²) in [7, 11) is 1.59. The highest BCUT2D eigenvalue weighted by molar-refractivity contribution is 6.00. The second-order valence-electron chi connectivity index (χ2n) is 4.79. The van der Waals surface area contributed by atoms with E-state index in [2.05, 4.69) is 10.5 Å². The van der Waals surface area contributed by atoms with Crippen LogP contribution >= 0.6 is 0 Å². The lowest BCUT2D eigenvalue weighted by atomic mass is 10.1. The van der Waals surface area contributed by atoms with Gasteiger partial charge in [0.15, 0.2) is 0 Å². The van der Waals surface area contributed by atoms with Crippen molar-refractivity contribution < 1.29 is 19.1 Å². The quantitative estimate of drug-likeness (QED) is 0.474. The number of hydrazone groups is 1. The van der Waals surface area contributed by atoms with E-state index in [-0.39, 0.29) is 18.3 Å². The highest BCUT2D eigenvalue weighted by Crippen LogP contribution is 2.11. The molecule has 1 aromatic carbocycles. The van der Waals surface area contributed by atoms with Crippen molar-refractivity contribution in [2.24, 2.45) is 11.0 Å². The minimum atomic E-state index is -0.485. The lowest BCUT2D eigenvalue weighted by Gasteiger charge is -2.10. The normalized spacial score (nSPS) is 12.5. The first kappa shape index (κ1) is 17.7. The second kappa shape index (κ2) is 8.81. The van der Waals surface area contributed by atoms with E-state index in [9.17, 15) is 9.59 Å². The summed E-state index contributed by atoms with van der Waals surface area (Å²) < 4.78 is 9.96. The molecule has 1 rings (SSSR count). The fraction of sp³-hybridized carbons (Fsp3) is 0.438. The first-order valence-electron chi connectivity index (χ1n) is 7.10. The zero-order valence-electron chi connectivity index (χ0n) is 13.4. The molecule has 1 aromatic rings. The van der Waals surface area contributed by atoms with Gasteiger partial charge >= 0.3 is 5.97 Å². The minimum Gasteiger partial charge on any atom is -0.497 e. The highest BCUT2D eigenvalue weighted by atomic mass is 16.5. The van der Waals surface area contributed by atoms with Gasteiger partial charge in [0.05, 0.1) is 26.1 Å². The number of hydrogen-bond acceptors (Lipinski definition) is 5. The fourth-order valence-electron chi connectivity index (χ4n) is 1.65. The lowest BCUT2D eigenvalue weighted by Crippen LogP contribution is -2.26. The zero-order valence-corrected chi connectivity index (χ0v) is 13.4. The smallest absolute Gasteiger partial charge is 0.314 e. The van der Waals surface area contributed by atoms with Crippen LogP contribution in [-0.2, 0) is 20.7 Å². The van der Waals surface area contributed by atoms with Gasteiger partial charge in [-0.05, 0) is 38.5 Å². The third-order valence-electron chi connectivity index (χ3n) is 3.15. The van der Waals surface area contributed by atoms with Gasteiger partial charge in [0.25, 0.3) is 0 Å². The van der Waals surface area contributed by atoms with E-state index in [1.807, 2.05) is 12.1 Å². The SMILES string of the molecule is CCOC(=O)[C@@H](C)/C(C)=N\NC(=O)Cc1ccc(OC)cc1. The molecule has 0 radical (unpaired) electrons. The molecule has 120 valence electrons. The number of methoxy groups -OCH3 is 1. The van der Waals surface area contributed by atoms with Crippen LogP contribution in [0.15, 0.2) is 29.4 Å². The Hall–Kier alpha value is -2.37. The van der Waals surface area contributed by atoms with Crippen molar-refractivity contribution in [2.45, 2.75) is 27.2 Å². The number of amides is 1. The largest absolute Gasteiger partial charge is 0.497 e. The molecule has 0 aromatic heterocycles. The molecule has 0 saturated heterocycles. The average molecular weight is 306 g/mol. The van der Waals surface area contributed by atoms with Crippen molar-refractivity contribution in [3.05, 3.63) is 29.8 Å². The summed E-state index contributed by atoms with van der Waals surface area (Å²) in [6, 6.07) is 7.21. The number of rotatable bonds is 7. The Morgan fingerprint density at radius 3 is 2.45 bits per heavy atom. The molecule has 0 saturated carbocycles. The first-order chi connectivity index (χ1) is 10.5.